The first-order valence-corrected chi connectivity index (χ1v) is 11.5. The molecule has 0 saturated carbocycles. The lowest BCUT2D eigenvalue weighted by molar-refractivity contribution is 0.302. The van der Waals surface area contributed by atoms with Gasteiger partial charge in [-0.25, -0.2) is 4.79 Å². The van der Waals surface area contributed by atoms with Crippen molar-refractivity contribution in [1.82, 2.24) is 0 Å². The zero-order chi connectivity index (χ0) is 23.9. The van der Waals surface area contributed by atoms with Gasteiger partial charge in [0.1, 0.15) is 17.9 Å². The fourth-order valence-corrected chi connectivity index (χ4v) is 4.68. The summed E-state index contributed by atoms with van der Waals surface area (Å²) in [5.74, 6) is 0.746. The molecule has 0 atom stereocenters. The number of rotatable bonds is 5. The number of fused-ring (bicyclic) bond motifs is 1. The molecule has 33 heavy (non-hydrogen) atoms. The van der Waals surface area contributed by atoms with Crippen LogP contribution in [0.5, 0.6) is 5.75 Å². The molecule has 0 bridgehead atoms. The Morgan fingerprint density at radius 1 is 0.667 bits per heavy atom. The van der Waals surface area contributed by atoms with Crippen LogP contribution in [0.25, 0.3) is 11.0 Å². The highest BCUT2D eigenvalue weighted by Gasteiger charge is 2.17. The van der Waals surface area contributed by atoms with Gasteiger partial charge in [0.05, 0.1) is 0 Å². The maximum absolute atomic E-state index is 12.9. The van der Waals surface area contributed by atoms with Crippen LogP contribution in [0.1, 0.15) is 55.6 Å². The molecule has 3 aromatic carbocycles. The van der Waals surface area contributed by atoms with Gasteiger partial charge in [-0.1, -0.05) is 30.3 Å². The number of hydrogen-bond donors (Lipinski definition) is 0. The number of benzene rings is 3. The molecule has 1 heterocycles. The molecule has 0 spiro atoms. The van der Waals surface area contributed by atoms with Gasteiger partial charge in [0.15, 0.2) is 0 Å². The van der Waals surface area contributed by atoms with E-state index in [1.807, 2.05) is 56.3 Å². The second-order valence-electron chi connectivity index (χ2n) is 9.11. The van der Waals surface area contributed by atoms with Crippen molar-refractivity contribution in [3.63, 3.8) is 0 Å². The molecule has 0 aliphatic rings. The minimum absolute atomic E-state index is 0.277. The predicted octanol–water partition coefficient (Wildman–Crippen LogP) is 7.12. The van der Waals surface area contributed by atoms with E-state index >= 15 is 0 Å². The standard InChI is InChI=1S/C30H32O3/c1-17-18(2)20(4)27(21(5)19(17)3)16-32-28-14-13-25-22(6)26(15-24-11-9-8-10-12-24)30(31)33-29(25)23(28)7/h8-14H,15-16H2,1-7H3. The summed E-state index contributed by atoms with van der Waals surface area (Å²) in [6.45, 7) is 15.3. The molecule has 0 amide bonds. The summed E-state index contributed by atoms with van der Waals surface area (Å²) >= 11 is 0. The molecule has 0 radical (unpaired) electrons. The van der Waals surface area contributed by atoms with Crippen LogP contribution >= 0.6 is 0 Å². The molecule has 4 aromatic rings. The smallest absolute Gasteiger partial charge is 0.340 e. The Balaban J connectivity index is 1.70. The van der Waals surface area contributed by atoms with E-state index in [1.165, 1.54) is 33.4 Å². The topological polar surface area (TPSA) is 39.4 Å². The van der Waals surface area contributed by atoms with Crippen LogP contribution in [0, 0.1) is 48.5 Å². The maximum Gasteiger partial charge on any atom is 0.340 e. The van der Waals surface area contributed by atoms with Gasteiger partial charge in [0.25, 0.3) is 0 Å². The van der Waals surface area contributed by atoms with Crippen molar-refractivity contribution in [2.24, 2.45) is 0 Å². The molecular formula is C30H32O3. The number of aryl methyl sites for hydroxylation is 2. The van der Waals surface area contributed by atoms with Crippen LogP contribution in [-0.4, -0.2) is 0 Å². The highest BCUT2D eigenvalue weighted by atomic mass is 16.5. The van der Waals surface area contributed by atoms with Gasteiger partial charge in [-0.2, -0.15) is 0 Å². The van der Waals surface area contributed by atoms with Gasteiger partial charge >= 0.3 is 5.63 Å². The van der Waals surface area contributed by atoms with Crippen molar-refractivity contribution in [3.05, 3.63) is 109 Å². The molecule has 3 nitrogen and oxygen atoms in total. The first-order chi connectivity index (χ1) is 15.7. The third-order valence-electron chi connectivity index (χ3n) is 7.41. The SMILES string of the molecule is Cc1c(C)c(C)c(COc2ccc3c(C)c(Cc4ccccc4)c(=O)oc3c2C)c(C)c1C. The van der Waals surface area contributed by atoms with Crippen molar-refractivity contribution in [1.29, 1.82) is 0 Å². The summed E-state index contributed by atoms with van der Waals surface area (Å²) in [7, 11) is 0. The van der Waals surface area contributed by atoms with Crippen LogP contribution in [-0.2, 0) is 13.0 Å². The van der Waals surface area contributed by atoms with Crippen molar-refractivity contribution < 1.29 is 9.15 Å². The summed E-state index contributed by atoms with van der Waals surface area (Å²) in [5.41, 5.74) is 11.7. The van der Waals surface area contributed by atoms with E-state index in [0.717, 1.165) is 27.8 Å². The van der Waals surface area contributed by atoms with Gasteiger partial charge in [0.2, 0.25) is 0 Å². The average molecular weight is 441 g/mol. The number of ether oxygens (including phenoxy) is 1. The quantitative estimate of drug-likeness (QED) is 0.310. The largest absolute Gasteiger partial charge is 0.488 e. The minimum Gasteiger partial charge on any atom is -0.488 e. The summed E-state index contributed by atoms with van der Waals surface area (Å²) < 4.78 is 12.1. The second-order valence-corrected chi connectivity index (χ2v) is 9.11. The Labute approximate surface area is 196 Å². The third-order valence-corrected chi connectivity index (χ3v) is 7.41. The van der Waals surface area contributed by atoms with E-state index in [-0.39, 0.29) is 5.63 Å². The Hall–Kier alpha value is -3.33. The summed E-state index contributed by atoms with van der Waals surface area (Å²) in [5, 5.41) is 0.958. The van der Waals surface area contributed by atoms with Crippen molar-refractivity contribution in [3.8, 4) is 5.75 Å². The minimum atomic E-state index is -0.277. The van der Waals surface area contributed by atoms with E-state index in [0.29, 0.717) is 24.2 Å². The van der Waals surface area contributed by atoms with Crippen molar-refractivity contribution in [2.45, 2.75) is 61.5 Å². The molecular weight excluding hydrogens is 408 g/mol. The molecule has 3 heteroatoms. The average Bonchev–Trinajstić information content (AvgIpc) is 2.81. The van der Waals surface area contributed by atoms with E-state index < -0.39 is 0 Å². The van der Waals surface area contributed by atoms with Crippen LogP contribution < -0.4 is 10.4 Å². The molecule has 0 unspecified atom stereocenters. The molecule has 0 fully saturated rings. The number of hydrogen-bond acceptors (Lipinski definition) is 3. The fourth-order valence-electron chi connectivity index (χ4n) is 4.68. The molecule has 0 aliphatic carbocycles. The van der Waals surface area contributed by atoms with E-state index in [4.69, 9.17) is 9.15 Å². The van der Waals surface area contributed by atoms with Crippen LogP contribution in [0.4, 0.5) is 0 Å². The Morgan fingerprint density at radius 2 is 1.27 bits per heavy atom. The molecule has 170 valence electrons. The lowest BCUT2D eigenvalue weighted by Crippen LogP contribution is -2.12. The van der Waals surface area contributed by atoms with Crippen LogP contribution in [0.15, 0.2) is 51.7 Å². The molecule has 0 saturated heterocycles. The fraction of sp³-hybridized carbons (Fsp3) is 0.300. The monoisotopic (exact) mass is 440 g/mol. The van der Waals surface area contributed by atoms with Gasteiger partial charge in [-0.05, 0) is 105 Å². The normalized spacial score (nSPS) is 11.2. The zero-order valence-electron chi connectivity index (χ0n) is 20.7. The van der Waals surface area contributed by atoms with Gasteiger partial charge in [0, 0.05) is 22.9 Å². The Kier molecular flexibility index (Phi) is 6.16. The Morgan fingerprint density at radius 3 is 1.91 bits per heavy atom. The summed E-state index contributed by atoms with van der Waals surface area (Å²) in [6, 6.07) is 14.0. The summed E-state index contributed by atoms with van der Waals surface area (Å²) in [4.78, 5) is 12.9. The highest BCUT2D eigenvalue weighted by Crippen LogP contribution is 2.32. The van der Waals surface area contributed by atoms with Crippen LogP contribution in [0.3, 0.4) is 0 Å². The summed E-state index contributed by atoms with van der Waals surface area (Å²) in [6.07, 6.45) is 0.562. The third kappa shape index (κ3) is 4.08. The van der Waals surface area contributed by atoms with Gasteiger partial charge in [-0.15, -0.1) is 0 Å². The first-order valence-electron chi connectivity index (χ1n) is 11.5. The van der Waals surface area contributed by atoms with E-state index in [9.17, 15) is 4.79 Å². The van der Waals surface area contributed by atoms with E-state index in [2.05, 4.69) is 34.6 Å². The second kappa shape index (κ2) is 8.90. The van der Waals surface area contributed by atoms with Gasteiger partial charge < -0.3 is 9.15 Å². The van der Waals surface area contributed by atoms with Gasteiger partial charge in [-0.3, -0.25) is 0 Å². The van der Waals surface area contributed by atoms with Crippen molar-refractivity contribution >= 4 is 11.0 Å². The van der Waals surface area contributed by atoms with E-state index in [1.54, 1.807) is 0 Å². The Bertz CT molecular complexity index is 1380. The molecule has 0 aliphatic heterocycles. The maximum atomic E-state index is 12.9. The predicted molar refractivity (Wildman–Crippen MR) is 136 cm³/mol. The first kappa shape index (κ1) is 22.8. The zero-order valence-corrected chi connectivity index (χ0v) is 20.7. The van der Waals surface area contributed by atoms with Crippen LogP contribution in [0.2, 0.25) is 0 Å². The molecule has 1 aromatic heterocycles. The molecule has 4 rings (SSSR count). The highest BCUT2D eigenvalue weighted by molar-refractivity contribution is 5.85. The van der Waals surface area contributed by atoms with Crippen molar-refractivity contribution in [2.75, 3.05) is 0 Å². The lowest BCUT2D eigenvalue weighted by atomic mass is 9.90. The lowest BCUT2D eigenvalue weighted by Gasteiger charge is -2.20. The molecule has 0 N–H and O–H groups in total.